The molecule has 0 spiro atoms. The molecule has 0 aromatic carbocycles. The molecule has 0 unspecified atom stereocenters. The molecule has 6 nitrogen and oxygen atoms in total. The van der Waals surface area contributed by atoms with Gasteiger partial charge in [0.25, 0.3) is 5.91 Å². The van der Waals surface area contributed by atoms with Crippen LogP contribution >= 0.6 is 0 Å². The van der Waals surface area contributed by atoms with Crippen LogP contribution in [0, 0.1) is 12.8 Å². The van der Waals surface area contributed by atoms with E-state index in [1.165, 1.54) is 0 Å². The normalized spacial score (nSPS) is 18.6. The molecule has 1 aliphatic heterocycles. The van der Waals surface area contributed by atoms with Gasteiger partial charge in [-0.2, -0.15) is 0 Å². The summed E-state index contributed by atoms with van der Waals surface area (Å²) in [5.74, 6) is -0.00430. The van der Waals surface area contributed by atoms with E-state index in [2.05, 4.69) is 5.16 Å². The number of aromatic nitrogens is 1. The number of carbonyl (C=O) groups excluding carboxylic acids is 2. The molecule has 1 aliphatic rings. The van der Waals surface area contributed by atoms with Crippen molar-refractivity contribution in [3.8, 4) is 0 Å². The SMILES string of the molecule is CCOC(=O)[C@@H]1CCCN(C(=O)c2c(CC)noc2C)C1. The Kier molecular flexibility index (Phi) is 4.98. The molecule has 116 valence electrons. The van der Waals surface area contributed by atoms with Gasteiger partial charge in [0, 0.05) is 13.1 Å². The van der Waals surface area contributed by atoms with Crippen molar-refractivity contribution >= 4 is 11.9 Å². The molecule has 1 atom stereocenters. The van der Waals surface area contributed by atoms with Crippen molar-refractivity contribution in [1.82, 2.24) is 10.1 Å². The van der Waals surface area contributed by atoms with E-state index in [0.29, 0.717) is 43.1 Å². The average Bonchev–Trinajstić information content (AvgIpc) is 2.87. The van der Waals surface area contributed by atoms with E-state index in [0.717, 1.165) is 12.8 Å². The quantitative estimate of drug-likeness (QED) is 0.794. The number of ether oxygens (including phenoxy) is 1. The lowest BCUT2D eigenvalue weighted by molar-refractivity contribution is -0.149. The second-order valence-corrected chi connectivity index (χ2v) is 5.26. The van der Waals surface area contributed by atoms with Gasteiger partial charge in [0.2, 0.25) is 0 Å². The molecular weight excluding hydrogens is 272 g/mol. The summed E-state index contributed by atoms with van der Waals surface area (Å²) < 4.78 is 10.2. The van der Waals surface area contributed by atoms with E-state index < -0.39 is 0 Å². The minimum atomic E-state index is -0.229. The molecular formula is C15H22N2O4. The van der Waals surface area contributed by atoms with Crippen molar-refractivity contribution in [3.63, 3.8) is 0 Å². The number of aryl methyl sites for hydroxylation is 2. The fourth-order valence-electron chi connectivity index (χ4n) is 2.71. The van der Waals surface area contributed by atoms with Crippen molar-refractivity contribution < 1.29 is 18.8 Å². The first-order valence-electron chi connectivity index (χ1n) is 7.49. The van der Waals surface area contributed by atoms with Gasteiger partial charge in [-0.05, 0) is 33.1 Å². The van der Waals surface area contributed by atoms with Gasteiger partial charge in [-0.1, -0.05) is 12.1 Å². The van der Waals surface area contributed by atoms with Crippen molar-refractivity contribution in [2.24, 2.45) is 5.92 Å². The summed E-state index contributed by atoms with van der Waals surface area (Å²) in [7, 11) is 0. The Bertz CT molecular complexity index is 524. The third-order valence-electron chi connectivity index (χ3n) is 3.81. The van der Waals surface area contributed by atoms with Crippen LogP contribution in [-0.2, 0) is 16.0 Å². The first-order chi connectivity index (χ1) is 10.1. The number of hydrogen-bond acceptors (Lipinski definition) is 5. The summed E-state index contributed by atoms with van der Waals surface area (Å²) in [6.45, 7) is 6.90. The summed E-state index contributed by atoms with van der Waals surface area (Å²) in [6, 6.07) is 0. The fraction of sp³-hybridized carbons (Fsp3) is 0.667. The predicted octanol–water partition coefficient (Wildman–Crippen LogP) is 1.96. The largest absolute Gasteiger partial charge is 0.466 e. The van der Waals surface area contributed by atoms with Crippen LogP contribution in [0.3, 0.4) is 0 Å². The maximum atomic E-state index is 12.7. The maximum absolute atomic E-state index is 12.7. The summed E-state index contributed by atoms with van der Waals surface area (Å²) in [6.07, 6.45) is 2.22. The zero-order valence-electron chi connectivity index (χ0n) is 12.8. The van der Waals surface area contributed by atoms with E-state index in [-0.39, 0.29) is 17.8 Å². The summed E-state index contributed by atoms with van der Waals surface area (Å²) in [5, 5.41) is 3.92. The number of esters is 1. The lowest BCUT2D eigenvalue weighted by Crippen LogP contribution is -2.43. The van der Waals surface area contributed by atoms with Crippen LogP contribution in [0.25, 0.3) is 0 Å². The molecule has 1 amide bonds. The van der Waals surface area contributed by atoms with Crippen LogP contribution in [0.15, 0.2) is 4.52 Å². The molecule has 1 saturated heterocycles. The molecule has 0 bridgehead atoms. The second-order valence-electron chi connectivity index (χ2n) is 5.26. The number of nitrogens with zero attached hydrogens (tertiary/aromatic N) is 2. The van der Waals surface area contributed by atoms with Gasteiger partial charge in [-0.15, -0.1) is 0 Å². The molecule has 1 aromatic rings. The Morgan fingerprint density at radius 3 is 2.86 bits per heavy atom. The van der Waals surface area contributed by atoms with Crippen LogP contribution in [0.1, 0.15) is 48.5 Å². The van der Waals surface area contributed by atoms with E-state index >= 15 is 0 Å². The molecule has 6 heteroatoms. The van der Waals surface area contributed by atoms with Gasteiger partial charge in [0.05, 0.1) is 18.2 Å². The summed E-state index contributed by atoms with van der Waals surface area (Å²) in [5.41, 5.74) is 1.22. The first kappa shape index (κ1) is 15.5. The molecule has 1 aromatic heterocycles. The molecule has 0 radical (unpaired) electrons. The monoisotopic (exact) mass is 294 g/mol. The second kappa shape index (κ2) is 6.74. The highest BCUT2D eigenvalue weighted by Crippen LogP contribution is 2.23. The van der Waals surface area contributed by atoms with E-state index in [9.17, 15) is 9.59 Å². The van der Waals surface area contributed by atoms with Gasteiger partial charge >= 0.3 is 5.97 Å². The number of likely N-dealkylation sites (tertiary alicyclic amines) is 1. The predicted molar refractivity (Wildman–Crippen MR) is 75.9 cm³/mol. The molecule has 0 N–H and O–H groups in total. The zero-order valence-corrected chi connectivity index (χ0v) is 12.8. The maximum Gasteiger partial charge on any atom is 0.310 e. The number of rotatable bonds is 4. The van der Waals surface area contributed by atoms with Crippen molar-refractivity contribution in [2.45, 2.75) is 40.0 Å². The highest BCUT2D eigenvalue weighted by Gasteiger charge is 2.32. The first-order valence-corrected chi connectivity index (χ1v) is 7.49. The van der Waals surface area contributed by atoms with E-state index in [1.54, 1.807) is 18.7 Å². The Morgan fingerprint density at radius 1 is 1.43 bits per heavy atom. The third kappa shape index (κ3) is 3.25. The third-order valence-corrected chi connectivity index (χ3v) is 3.81. The van der Waals surface area contributed by atoms with Crippen molar-refractivity contribution in [2.75, 3.05) is 19.7 Å². The minimum absolute atomic E-state index is 0.0976. The van der Waals surface area contributed by atoms with E-state index in [4.69, 9.17) is 9.26 Å². The van der Waals surface area contributed by atoms with Gasteiger partial charge in [-0.3, -0.25) is 9.59 Å². The lowest BCUT2D eigenvalue weighted by Gasteiger charge is -2.31. The van der Waals surface area contributed by atoms with Gasteiger partial charge < -0.3 is 14.2 Å². The van der Waals surface area contributed by atoms with Crippen LogP contribution in [0.5, 0.6) is 0 Å². The fourth-order valence-corrected chi connectivity index (χ4v) is 2.71. The smallest absolute Gasteiger partial charge is 0.310 e. The van der Waals surface area contributed by atoms with Crippen LogP contribution in [0.2, 0.25) is 0 Å². The average molecular weight is 294 g/mol. The number of hydrogen-bond donors (Lipinski definition) is 0. The van der Waals surface area contributed by atoms with Gasteiger partial charge in [0.15, 0.2) is 0 Å². The molecule has 2 heterocycles. The Hall–Kier alpha value is -1.85. The lowest BCUT2D eigenvalue weighted by atomic mass is 9.97. The van der Waals surface area contributed by atoms with E-state index in [1.807, 2.05) is 6.92 Å². The van der Waals surface area contributed by atoms with Crippen LogP contribution < -0.4 is 0 Å². The van der Waals surface area contributed by atoms with Crippen LogP contribution in [-0.4, -0.2) is 41.6 Å². The number of carbonyl (C=O) groups is 2. The number of amides is 1. The van der Waals surface area contributed by atoms with Crippen molar-refractivity contribution in [1.29, 1.82) is 0 Å². The molecule has 0 aliphatic carbocycles. The Labute approximate surface area is 124 Å². The van der Waals surface area contributed by atoms with Gasteiger partial charge in [0.1, 0.15) is 11.3 Å². The highest BCUT2D eigenvalue weighted by molar-refractivity contribution is 5.96. The standard InChI is InChI=1S/C15H22N2O4/c1-4-12-13(10(3)21-16-12)14(18)17-8-6-7-11(9-17)15(19)20-5-2/h11H,4-9H2,1-3H3/t11-/m1/s1. The Morgan fingerprint density at radius 2 is 2.19 bits per heavy atom. The minimum Gasteiger partial charge on any atom is -0.466 e. The zero-order chi connectivity index (χ0) is 15.4. The molecule has 2 rings (SSSR count). The number of piperidine rings is 1. The molecule has 21 heavy (non-hydrogen) atoms. The summed E-state index contributed by atoms with van der Waals surface area (Å²) in [4.78, 5) is 26.2. The van der Waals surface area contributed by atoms with Crippen molar-refractivity contribution in [3.05, 3.63) is 17.0 Å². The highest BCUT2D eigenvalue weighted by atomic mass is 16.5. The topological polar surface area (TPSA) is 72.6 Å². The molecule has 1 fully saturated rings. The summed E-state index contributed by atoms with van der Waals surface area (Å²) >= 11 is 0. The molecule has 0 saturated carbocycles. The van der Waals surface area contributed by atoms with Crippen LogP contribution in [0.4, 0.5) is 0 Å². The Balaban J connectivity index is 2.12. The van der Waals surface area contributed by atoms with Gasteiger partial charge in [-0.25, -0.2) is 0 Å².